The van der Waals surface area contributed by atoms with Gasteiger partial charge in [0.25, 0.3) is 0 Å². The molecule has 8 nitrogen and oxygen atoms in total. The Bertz CT molecular complexity index is 498. The van der Waals surface area contributed by atoms with Gasteiger partial charge in [-0.15, -0.1) is 0 Å². The molecule has 1 aromatic rings. The fraction of sp³-hybridized carbons (Fsp3) is 0.692. The van der Waals surface area contributed by atoms with Gasteiger partial charge in [0.2, 0.25) is 11.7 Å². The number of aromatic nitrogens is 2. The summed E-state index contributed by atoms with van der Waals surface area (Å²) in [7, 11) is 0. The molecule has 2 N–H and O–H groups in total. The Balaban J connectivity index is 2.72. The molecule has 1 aromatic heterocycles. The quantitative estimate of drug-likeness (QED) is 0.535. The topological polar surface area (TPSA) is 102 Å². The molecule has 1 rings (SSSR count). The number of aryl methyl sites for hydroxylation is 2. The van der Waals surface area contributed by atoms with Crippen molar-refractivity contribution in [3.8, 4) is 0 Å². The molecular formula is C13H23N5O3. The monoisotopic (exact) mass is 297 g/mol. The van der Waals surface area contributed by atoms with Crippen molar-refractivity contribution in [2.45, 2.75) is 46.6 Å². The number of hydrogen-bond donors (Lipinski definition) is 2. The maximum absolute atomic E-state index is 11.5. The van der Waals surface area contributed by atoms with E-state index in [1.54, 1.807) is 11.6 Å². The lowest BCUT2D eigenvalue weighted by atomic mass is 10.3. The summed E-state index contributed by atoms with van der Waals surface area (Å²) < 4.78 is 1.59. The van der Waals surface area contributed by atoms with Crippen molar-refractivity contribution in [3.05, 3.63) is 15.8 Å². The van der Waals surface area contributed by atoms with E-state index in [0.29, 0.717) is 31.1 Å². The molecule has 0 saturated heterocycles. The summed E-state index contributed by atoms with van der Waals surface area (Å²) in [5.74, 6) is 0.313. The summed E-state index contributed by atoms with van der Waals surface area (Å²) in [6.07, 6.45) is 1.98. The first kappa shape index (κ1) is 16.9. The summed E-state index contributed by atoms with van der Waals surface area (Å²) >= 11 is 0. The molecule has 21 heavy (non-hydrogen) atoms. The minimum Gasteiger partial charge on any atom is -0.364 e. The van der Waals surface area contributed by atoms with Gasteiger partial charge >= 0.3 is 5.69 Å². The lowest BCUT2D eigenvalue weighted by molar-refractivity contribution is -0.384. The molecule has 0 fully saturated rings. The van der Waals surface area contributed by atoms with E-state index in [1.807, 2.05) is 13.8 Å². The number of carbonyl (C=O) groups excluding carboxylic acids is 1. The Morgan fingerprint density at radius 1 is 1.33 bits per heavy atom. The number of nitrogens with zero attached hydrogens (tertiary/aromatic N) is 3. The third-order valence-corrected chi connectivity index (χ3v) is 2.93. The second kappa shape index (κ2) is 8.23. The highest BCUT2D eigenvalue weighted by molar-refractivity contribution is 5.76. The molecule has 0 atom stereocenters. The van der Waals surface area contributed by atoms with Crippen LogP contribution in [-0.2, 0) is 11.3 Å². The number of hydrogen-bond acceptors (Lipinski definition) is 5. The van der Waals surface area contributed by atoms with Crippen molar-refractivity contribution in [2.24, 2.45) is 0 Å². The molecule has 0 aliphatic carbocycles. The van der Waals surface area contributed by atoms with Crippen LogP contribution in [0.15, 0.2) is 0 Å². The van der Waals surface area contributed by atoms with Crippen molar-refractivity contribution in [2.75, 3.05) is 18.4 Å². The number of nitro groups is 1. The van der Waals surface area contributed by atoms with Crippen molar-refractivity contribution in [1.82, 2.24) is 15.1 Å². The van der Waals surface area contributed by atoms with Crippen molar-refractivity contribution in [1.29, 1.82) is 0 Å². The van der Waals surface area contributed by atoms with Crippen LogP contribution in [0, 0.1) is 17.0 Å². The molecule has 0 aromatic carbocycles. The van der Waals surface area contributed by atoms with E-state index >= 15 is 0 Å². The number of rotatable bonds is 9. The van der Waals surface area contributed by atoms with Gasteiger partial charge in [0.05, 0.1) is 4.92 Å². The van der Waals surface area contributed by atoms with Gasteiger partial charge in [-0.05, 0) is 19.8 Å². The third-order valence-electron chi connectivity index (χ3n) is 2.93. The fourth-order valence-electron chi connectivity index (χ4n) is 1.99. The van der Waals surface area contributed by atoms with E-state index in [2.05, 4.69) is 15.7 Å². The number of amides is 1. The van der Waals surface area contributed by atoms with Crippen LogP contribution < -0.4 is 10.6 Å². The molecule has 8 heteroatoms. The zero-order valence-electron chi connectivity index (χ0n) is 12.8. The van der Waals surface area contributed by atoms with Gasteiger partial charge in [0, 0.05) is 26.1 Å². The lowest BCUT2D eigenvalue weighted by Crippen LogP contribution is -2.26. The minimum absolute atomic E-state index is 0.0163. The second-order valence-electron chi connectivity index (χ2n) is 4.79. The summed E-state index contributed by atoms with van der Waals surface area (Å²) in [5, 5.41) is 21.1. The molecule has 0 aliphatic heterocycles. The highest BCUT2D eigenvalue weighted by atomic mass is 16.6. The largest absolute Gasteiger partial charge is 0.364 e. The molecule has 1 amide bonds. The molecule has 0 unspecified atom stereocenters. The van der Waals surface area contributed by atoms with E-state index in [9.17, 15) is 14.9 Å². The average molecular weight is 297 g/mol. The van der Waals surface area contributed by atoms with Crippen LogP contribution >= 0.6 is 0 Å². The van der Waals surface area contributed by atoms with Gasteiger partial charge in [-0.1, -0.05) is 13.8 Å². The highest BCUT2D eigenvalue weighted by Gasteiger charge is 2.24. The first-order valence-corrected chi connectivity index (χ1v) is 7.23. The van der Waals surface area contributed by atoms with Crippen LogP contribution in [-0.4, -0.2) is 33.7 Å². The van der Waals surface area contributed by atoms with Gasteiger partial charge in [-0.3, -0.25) is 14.9 Å². The van der Waals surface area contributed by atoms with Crippen LogP contribution in [0.4, 0.5) is 11.5 Å². The van der Waals surface area contributed by atoms with Gasteiger partial charge in [0.1, 0.15) is 5.69 Å². The lowest BCUT2D eigenvalue weighted by Gasteiger charge is -2.08. The number of anilines is 1. The SMILES string of the molecule is CCCNC(=O)CCNc1c([N+](=O)[O-])c(C)nn1CCC. The fourth-order valence-corrected chi connectivity index (χ4v) is 1.99. The normalized spacial score (nSPS) is 10.4. The van der Waals surface area contributed by atoms with E-state index < -0.39 is 4.92 Å². The van der Waals surface area contributed by atoms with E-state index in [1.165, 1.54) is 0 Å². The van der Waals surface area contributed by atoms with Crippen molar-refractivity contribution < 1.29 is 9.72 Å². The predicted octanol–water partition coefficient (Wildman–Crippen LogP) is 1.84. The number of nitrogens with one attached hydrogen (secondary N) is 2. The molecule has 0 saturated carbocycles. The van der Waals surface area contributed by atoms with Crippen LogP contribution in [0.3, 0.4) is 0 Å². The second-order valence-corrected chi connectivity index (χ2v) is 4.79. The van der Waals surface area contributed by atoms with Gasteiger partial charge in [-0.2, -0.15) is 5.10 Å². The Kier molecular flexibility index (Phi) is 6.64. The van der Waals surface area contributed by atoms with Crippen molar-refractivity contribution >= 4 is 17.4 Å². The zero-order chi connectivity index (χ0) is 15.8. The van der Waals surface area contributed by atoms with Crippen molar-refractivity contribution in [3.63, 3.8) is 0 Å². The van der Waals surface area contributed by atoms with Crippen LogP contribution in [0.25, 0.3) is 0 Å². The predicted molar refractivity (Wildman–Crippen MR) is 80.3 cm³/mol. The summed E-state index contributed by atoms with van der Waals surface area (Å²) in [4.78, 5) is 22.2. The van der Waals surface area contributed by atoms with Gasteiger partial charge < -0.3 is 10.6 Å². The maximum atomic E-state index is 11.5. The van der Waals surface area contributed by atoms with E-state index in [-0.39, 0.29) is 18.0 Å². The first-order valence-electron chi connectivity index (χ1n) is 7.23. The Labute approximate surface area is 124 Å². The molecule has 0 aliphatic rings. The highest BCUT2D eigenvalue weighted by Crippen LogP contribution is 2.28. The first-order chi connectivity index (χ1) is 10.0. The standard InChI is InChI=1S/C13H23N5O3/c1-4-7-14-11(19)6-8-15-13-12(18(20)21)10(3)16-17(13)9-5-2/h15H,4-9H2,1-3H3,(H,14,19). The van der Waals surface area contributed by atoms with Gasteiger partial charge in [-0.25, -0.2) is 4.68 Å². The summed E-state index contributed by atoms with van der Waals surface area (Å²) in [6.45, 7) is 7.15. The third kappa shape index (κ3) is 4.73. The van der Waals surface area contributed by atoms with E-state index in [0.717, 1.165) is 12.8 Å². The molecule has 0 radical (unpaired) electrons. The Hall–Kier alpha value is -2.12. The van der Waals surface area contributed by atoms with Crippen LogP contribution in [0.1, 0.15) is 38.8 Å². The van der Waals surface area contributed by atoms with Crippen LogP contribution in [0.5, 0.6) is 0 Å². The van der Waals surface area contributed by atoms with E-state index in [4.69, 9.17) is 0 Å². The molecular weight excluding hydrogens is 274 g/mol. The maximum Gasteiger partial charge on any atom is 0.333 e. The minimum atomic E-state index is -0.437. The zero-order valence-corrected chi connectivity index (χ0v) is 12.8. The molecule has 118 valence electrons. The smallest absolute Gasteiger partial charge is 0.333 e. The van der Waals surface area contributed by atoms with Gasteiger partial charge in [0.15, 0.2) is 0 Å². The Morgan fingerprint density at radius 2 is 2.05 bits per heavy atom. The summed E-state index contributed by atoms with van der Waals surface area (Å²) in [6, 6.07) is 0. The molecule has 1 heterocycles. The average Bonchev–Trinajstić information content (AvgIpc) is 2.73. The summed E-state index contributed by atoms with van der Waals surface area (Å²) in [5.41, 5.74) is 0.365. The molecule has 0 bridgehead atoms. The molecule has 0 spiro atoms. The number of carbonyl (C=O) groups is 1. The van der Waals surface area contributed by atoms with Crippen LogP contribution in [0.2, 0.25) is 0 Å². The Morgan fingerprint density at radius 3 is 2.62 bits per heavy atom.